The van der Waals surface area contributed by atoms with E-state index in [-0.39, 0.29) is 37.0 Å². The number of carbonyl (C=O) groups excluding carboxylic acids is 1. The molecule has 0 saturated carbocycles. The Morgan fingerprint density at radius 3 is 2.73 bits per heavy atom. The van der Waals surface area contributed by atoms with Crippen LogP contribution in [0.5, 0.6) is 0 Å². The van der Waals surface area contributed by atoms with Crippen LogP contribution in [-0.2, 0) is 14.8 Å². The van der Waals surface area contributed by atoms with E-state index in [1.54, 1.807) is 17.0 Å². The fraction of sp³-hybridized carbons (Fsp3) is 0.643. The quantitative estimate of drug-likeness (QED) is 0.820. The molecule has 0 atom stereocenters. The van der Waals surface area contributed by atoms with Gasteiger partial charge in [-0.3, -0.25) is 9.10 Å². The summed E-state index contributed by atoms with van der Waals surface area (Å²) in [5, 5.41) is 8.02. The molecule has 0 aromatic carbocycles. The Hall–Kier alpha value is -1.70. The van der Waals surface area contributed by atoms with Crippen molar-refractivity contribution in [2.24, 2.45) is 0 Å². The van der Waals surface area contributed by atoms with Crippen LogP contribution in [0.1, 0.15) is 51.8 Å². The van der Waals surface area contributed by atoms with Gasteiger partial charge in [0.2, 0.25) is 10.0 Å². The van der Waals surface area contributed by atoms with Crippen LogP contribution in [0.3, 0.4) is 0 Å². The fourth-order valence-corrected chi connectivity index (χ4v) is 3.92. The maximum absolute atomic E-state index is 12.3. The van der Waals surface area contributed by atoms with Gasteiger partial charge in [-0.15, -0.1) is 5.10 Å². The highest BCUT2D eigenvalue weighted by atomic mass is 32.2. The molecule has 0 aliphatic carbocycles. The van der Waals surface area contributed by atoms with E-state index in [0.29, 0.717) is 17.8 Å². The van der Waals surface area contributed by atoms with Crippen LogP contribution in [0.25, 0.3) is 6.08 Å². The van der Waals surface area contributed by atoms with E-state index in [0.717, 1.165) is 0 Å². The normalized spacial score (nSPS) is 18.5. The molecule has 22 heavy (non-hydrogen) atoms. The summed E-state index contributed by atoms with van der Waals surface area (Å²) in [6, 6.07) is 0.174. The summed E-state index contributed by atoms with van der Waals surface area (Å²) < 4.78 is 27.7. The zero-order valence-corrected chi connectivity index (χ0v) is 14.0. The van der Waals surface area contributed by atoms with Crippen LogP contribution in [0.4, 0.5) is 0 Å². The molecule has 8 heteroatoms. The molecule has 0 bridgehead atoms. The topological polar surface area (TPSA) is 85.2 Å². The maximum atomic E-state index is 12.3. The number of sulfonamides is 1. The number of hydrogen-bond acceptors (Lipinski definition) is 5. The van der Waals surface area contributed by atoms with Gasteiger partial charge in [0.25, 0.3) is 0 Å². The molecule has 0 radical (unpaired) electrons. The smallest absolute Gasteiger partial charge is 0.234 e. The molecule has 0 spiro atoms. The summed E-state index contributed by atoms with van der Waals surface area (Å²) in [5.41, 5.74) is 1.05. The third-order valence-electron chi connectivity index (χ3n) is 3.46. The lowest BCUT2D eigenvalue weighted by Gasteiger charge is -2.30. The second-order valence-corrected chi connectivity index (χ2v) is 7.72. The van der Waals surface area contributed by atoms with Gasteiger partial charge in [-0.1, -0.05) is 12.1 Å². The van der Waals surface area contributed by atoms with Gasteiger partial charge in [0.15, 0.2) is 0 Å². The van der Waals surface area contributed by atoms with Crippen LogP contribution in [0.2, 0.25) is 0 Å². The first-order chi connectivity index (χ1) is 10.3. The van der Waals surface area contributed by atoms with Gasteiger partial charge < -0.3 is 0 Å². The van der Waals surface area contributed by atoms with Crippen molar-refractivity contribution in [3.8, 4) is 0 Å². The predicted molar refractivity (Wildman–Crippen MR) is 83.4 cm³/mol. The van der Waals surface area contributed by atoms with Crippen molar-refractivity contribution in [1.82, 2.24) is 19.3 Å². The zero-order chi connectivity index (χ0) is 16.3. The Kier molecular flexibility index (Phi) is 5.00. The average Bonchev–Trinajstić information content (AvgIpc) is 2.87. The number of piperidine rings is 1. The molecular weight excluding hydrogens is 304 g/mol. The number of aromatic nitrogens is 3. The summed E-state index contributed by atoms with van der Waals surface area (Å²) in [6.07, 6.45) is 4.33. The Bertz CT molecular complexity index is 676. The number of Topliss-reactive ketones (excluding diaryl/α,β-unsaturated/α-hetero) is 1. The molecule has 122 valence electrons. The summed E-state index contributed by atoms with van der Waals surface area (Å²) in [5.74, 6) is 0.127. The summed E-state index contributed by atoms with van der Waals surface area (Å²) in [4.78, 5) is 11.7. The largest absolute Gasteiger partial charge is 0.299 e. The van der Waals surface area contributed by atoms with Crippen LogP contribution >= 0.6 is 0 Å². The monoisotopic (exact) mass is 326 g/mol. The van der Waals surface area contributed by atoms with Gasteiger partial charge in [-0.05, 0) is 26.3 Å². The van der Waals surface area contributed by atoms with E-state index in [4.69, 9.17) is 0 Å². The fourth-order valence-electron chi connectivity index (χ4n) is 2.34. The third kappa shape index (κ3) is 3.73. The van der Waals surface area contributed by atoms with Crippen molar-refractivity contribution >= 4 is 21.9 Å². The van der Waals surface area contributed by atoms with E-state index >= 15 is 0 Å². The SMILES string of the molecule is CCCS(=O)(=O)N1CCC(=O)CC1=Cc1cn(C(C)C)nn1. The van der Waals surface area contributed by atoms with Crippen molar-refractivity contribution in [3.05, 3.63) is 17.6 Å². The number of allylic oxidation sites excluding steroid dienone is 1. The highest BCUT2D eigenvalue weighted by molar-refractivity contribution is 7.89. The maximum Gasteiger partial charge on any atom is 0.234 e. The Morgan fingerprint density at radius 2 is 2.14 bits per heavy atom. The molecule has 1 fully saturated rings. The van der Waals surface area contributed by atoms with Gasteiger partial charge in [0.1, 0.15) is 11.5 Å². The average molecular weight is 326 g/mol. The highest BCUT2D eigenvalue weighted by Crippen LogP contribution is 2.24. The number of rotatable bonds is 5. The minimum absolute atomic E-state index is 0.0467. The van der Waals surface area contributed by atoms with Crippen molar-refractivity contribution in [1.29, 1.82) is 0 Å². The number of carbonyl (C=O) groups is 1. The molecule has 1 saturated heterocycles. The third-order valence-corrected chi connectivity index (χ3v) is 5.47. The Morgan fingerprint density at radius 1 is 1.41 bits per heavy atom. The van der Waals surface area contributed by atoms with Crippen molar-refractivity contribution in [2.75, 3.05) is 12.3 Å². The van der Waals surface area contributed by atoms with Gasteiger partial charge >= 0.3 is 0 Å². The molecule has 2 rings (SSSR count). The van der Waals surface area contributed by atoms with Gasteiger partial charge in [0.05, 0.1) is 11.9 Å². The summed E-state index contributed by atoms with van der Waals surface area (Å²) in [6.45, 7) is 6.00. The molecule has 1 aliphatic heterocycles. The van der Waals surface area contributed by atoms with E-state index in [1.165, 1.54) is 4.31 Å². The molecular formula is C14H22N4O3S. The van der Waals surface area contributed by atoms with E-state index < -0.39 is 10.0 Å². The second-order valence-electron chi connectivity index (χ2n) is 5.71. The molecule has 1 aromatic heterocycles. The summed E-state index contributed by atoms with van der Waals surface area (Å²) >= 11 is 0. The van der Waals surface area contributed by atoms with Crippen LogP contribution in [0.15, 0.2) is 11.9 Å². The molecule has 0 N–H and O–H groups in total. The lowest BCUT2D eigenvalue weighted by atomic mass is 10.1. The molecule has 0 amide bonds. The summed E-state index contributed by atoms with van der Waals surface area (Å²) in [7, 11) is -3.38. The van der Waals surface area contributed by atoms with E-state index in [9.17, 15) is 13.2 Å². The first-order valence-electron chi connectivity index (χ1n) is 7.48. The van der Waals surface area contributed by atoms with Crippen LogP contribution in [0, 0.1) is 0 Å². The molecule has 7 nitrogen and oxygen atoms in total. The minimum Gasteiger partial charge on any atom is -0.299 e. The Labute approximate surface area is 131 Å². The van der Waals surface area contributed by atoms with E-state index in [2.05, 4.69) is 10.3 Å². The first kappa shape index (κ1) is 16.7. The molecule has 2 heterocycles. The number of ketones is 1. The highest BCUT2D eigenvalue weighted by Gasteiger charge is 2.29. The number of hydrogen-bond donors (Lipinski definition) is 0. The predicted octanol–water partition coefficient (Wildman–Crippen LogP) is 1.60. The van der Waals surface area contributed by atoms with Crippen molar-refractivity contribution in [2.45, 2.75) is 46.1 Å². The molecule has 1 aliphatic rings. The first-order valence-corrected chi connectivity index (χ1v) is 9.09. The second kappa shape index (κ2) is 6.60. The van der Waals surface area contributed by atoms with Gasteiger partial charge in [-0.25, -0.2) is 13.1 Å². The number of nitrogens with zero attached hydrogens (tertiary/aromatic N) is 4. The van der Waals surface area contributed by atoms with Crippen LogP contribution in [-0.4, -0.2) is 45.8 Å². The standard InChI is InChI=1S/C14H22N4O3S/c1-4-7-22(20,21)18-6-5-14(19)9-13(18)8-12-10-17(11(2)3)16-15-12/h8,10-11H,4-7,9H2,1-3H3. The zero-order valence-electron chi connectivity index (χ0n) is 13.2. The minimum atomic E-state index is -3.38. The van der Waals surface area contributed by atoms with Gasteiger partial charge in [0, 0.05) is 31.1 Å². The lowest BCUT2D eigenvalue weighted by molar-refractivity contribution is -0.119. The van der Waals surface area contributed by atoms with Gasteiger partial charge in [-0.2, -0.15) is 0 Å². The molecule has 1 aromatic rings. The van der Waals surface area contributed by atoms with Crippen molar-refractivity contribution in [3.63, 3.8) is 0 Å². The molecule has 0 unspecified atom stereocenters. The van der Waals surface area contributed by atoms with Crippen LogP contribution < -0.4 is 0 Å². The lowest BCUT2D eigenvalue weighted by Crippen LogP contribution is -2.38. The van der Waals surface area contributed by atoms with E-state index in [1.807, 2.05) is 20.8 Å². The van der Waals surface area contributed by atoms with Crippen molar-refractivity contribution < 1.29 is 13.2 Å². The Balaban J connectivity index is 2.33.